The van der Waals surface area contributed by atoms with Crippen LogP contribution in [0.3, 0.4) is 0 Å². The van der Waals surface area contributed by atoms with Gasteiger partial charge in [-0.2, -0.15) is 0 Å². The first-order valence-electron chi connectivity index (χ1n) is 2.45. The lowest BCUT2D eigenvalue weighted by Crippen LogP contribution is -2.01. The van der Waals surface area contributed by atoms with E-state index in [2.05, 4.69) is 4.74 Å². The Kier molecular flexibility index (Phi) is 4.17. The van der Waals surface area contributed by atoms with Gasteiger partial charge in [-0.1, -0.05) is 6.08 Å². The number of ether oxygens (including phenoxy) is 1. The molecule has 0 fully saturated rings. The van der Waals surface area contributed by atoms with Crippen molar-refractivity contribution in [1.29, 1.82) is 0 Å². The highest BCUT2D eigenvalue weighted by molar-refractivity contribution is 5.90. The lowest BCUT2D eigenvalue weighted by atomic mass is 10.4. The maximum absolute atomic E-state index is 10.4. The molecule has 0 bridgehead atoms. The van der Waals surface area contributed by atoms with Crippen molar-refractivity contribution in [3.05, 3.63) is 12.2 Å². The second kappa shape index (κ2) is 4.53. The molecule has 0 N–H and O–H groups in total. The monoisotopic (exact) mass is 114 g/mol. The minimum atomic E-state index is 0.00926. The first-order chi connectivity index (χ1) is 3.81. The highest BCUT2D eigenvalue weighted by atomic mass is 16.5. The van der Waals surface area contributed by atoms with Crippen molar-refractivity contribution in [2.75, 3.05) is 13.7 Å². The lowest BCUT2D eigenvalue weighted by molar-refractivity contribution is -0.118. The van der Waals surface area contributed by atoms with Gasteiger partial charge in [0.25, 0.3) is 0 Å². The van der Waals surface area contributed by atoms with E-state index in [-0.39, 0.29) is 12.4 Å². The van der Waals surface area contributed by atoms with Crippen LogP contribution >= 0.6 is 0 Å². The van der Waals surface area contributed by atoms with Gasteiger partial charge in [-0.05, 0) is 13.0 Å². The molecule has 0 saturated carbocycles. The molecule has 0 radical (unpaired) electrons. The largest absolute Gasteiger partial charge is 0.377 e. The fourth-order valence-corrected chi connectivity index (χ4v) is 0.376. The molecule has 0 aromatic carbocycles. The van der Waals surface area contributed by atoms with E-state index in [9.17, 15) is 4.79 Å². The van der Waals surface area contributed by atoms with E-state index in [1.807, 2.05) is 0 Å². The Labute approximate surface area is 49.1 Å². The zero-order chi connectivity index (χ0) is 6.41. The summed E-state index contributed by atoms with van der Waals surface area (Å²) in [7, 11) is 1.50. The SMILES string of the molecule is CC=CC(=O)COC. The molecule has 0 aliphatic rings. The van der Waals surface area contributed by atoms with Crippen LogP contribution in [-0.2, 0) is 9.53 Å². The number of ketones is 1. The van der Waals surface area contributed by atoms with Crippen molar-refractivity contribution in [2.24, 2.45) is 0 Å². The molecule has 46 valence electrons. The Morgan fingerprint density at radius 2 is 2.38 bits per heavy atom. The van der Waals surface area contributed by atoms with Gasteiger partial charge in [0, 0.05) is 7.11 Å². The molecule has 0 aliphatic carbocycles. The topological polar surface area (TPSA) is 26.3 Å². The molecule has 2 nitrogen and oxygen atoms in total. The van der Waals surface area contributed by atoms with E-state index in [1.54, 1.807) is 13.0 Å². The van der Waals surface area contributed by atoms with Crippen LogP contribution in [0.1, 0.15) is 6.92 Å². The number of allylic oxidation sites excluding steroid dienone is 1. The van der Waals surface area contributed by atoms with Crippen LogP contribution in [0.25, 0.3) is 0 Å². The average molecular weight is 114 g/mol. The Hall–Kier alpha value is -0.630. The Morgan fingerprint density at radius 1 is 1.75 bits per heavy atom. The predicted molar refractivity (Wildman–Crippen MR) is 31.7 cm³/mol. The predicted octanol–water partition coefficient (Wildman–Crippen LogP) is 0.778. The Bertz CT molecular complexity index is 94.7. The zero-order valence-electron chi connectivity index (χ0n) is 5.18. The zero-order valence-corrected chi connectivity index (χ0v) is 5.18. The maximum Gasteiger partial charge on any atom is 0.180 e. The van der Waals surface area contributed by atoms with Gasteiger partial charge in [-0.3, -0.25) is 4.79 Å². The van der Waals surface area contributed by atoms with E-state index in [0.717, 1.165) is 0 Å². The van der Waals surface area contributed by atoms with Crippen molar-refractivity contribution in [3.8, 4) is 0 Å². The molecular formula is C6H10O2. The molecule has 0 aromatic rings. The smallest absolute Gasteiger partial charge is 0.180 e. The number of carbonyl (C=O) groups excluding carboxylic acids is 1. The van der Waals surface area contributed by atoms with Gasteiger partial charge in [0.15, 0.2) is 5.78 Å². The van der Waals surface area contributed by atoms with Gasteiger partial charge >= 0.3 is 0 Å². The Morgan fingerprint density at radius 3 is 2.75 bits per heavy atom. The molecule has 0 aromatic heterocycles. The standard InChI is InChI=1S/C6H10O2/c1-3-4-6(7)5-8-2/h3-4H,5H2,1-2H3. The molecule has 2 heteroatoms. The summed E-state index contributed by atoms with van der Waals surface area (Å²) in [6.07, 6.45) is 3.19. The molecule has 0 atom stereocenters. The lowest BCUT2D eigenvalue weighted by Gasteiger charge is -1.87. The quantitative estimate of drug-likeness (QED) is 0.507. The molecule has 8 heavy (non-hydrogen) atoms. The third-order valence-electron chi connectivity index (χ3n) is 0.639. The minimum absolute atomic E-state index is 0.00926. The van der Waals surface area contributed by atoms with Crippen LogP contribution in [0.15, 0.2) is 12.2 Å². The van der Waals surface area contributed by atoms with Crippen LogP contribution in [0.5, 0.6) is 0 Å². The summed E-state index contributed by atoms with van der Waals surface area (Å²) in [6, 6.07) is 0. The molecule has 0 aliphatic heterocycles. The van der Waals surface area contributed by atoms with Crippen LogP contribution in [0, 0.1) is 0 Å². The summed E-state index contributed by atoms with van der Waals surface area (Å²) in [5, 5.41) is 0. The van der Waals surface area contributed by atoms with Crippen LogP contribution in [-0.4, -0.2) is 19.5 Å². The number of hydrogen-bond donors (Lipinski definition) is 0. The first kappa shape index (κ1) is 7.37. The first-order valence-corrected chi connectivity index (χ1v) is 2.45. The average Bonchev–Trinajstić information content (AvgIpc) is 1.68. The molecule has 0 unspecified atom stereocenters. The van der Waals surface area contributed by atoms with Gasteiger partial charge in [-0.25, -0.2) is 0 Å². The van der Waals surface area contributed by atoms with E-state index < -0.39 is 0 Å². The second-order valence-electron chi connectivity index (χ2n) is 1.40. The number of rotatable bonds is 3. The fourth-order valence-electron chi connectivity index (χ4n) is 0.376. The second-order valence-corrected chi connectivity index (χ2v) is 1.40. The summed E-state index contributed by atoms with van der Waals surface area (Å²) >= 11 is 0. The van der Waals surface area contributed by atoms with E-state index in [0.29, 0.717) is 0 Å². The van der Waals surface area contributed by atoms with Gasteiger partial charge in [-0.15, -0.1) is 0 Å². The summed E-state index contributed by atoms with van der Waals surface area (Å²) in [5.41, 5.74) is 0. The van der Waals surface area contributed by atoms with Crippen molar-refractivity contribution in [3.63, 3.8) is 0 Å². The molecular weight excluding hydrogens is 104 g/mol. The van der Waals surface area contributed by atoms with Crippen LogP contribution < -0.4 is 0 Å². The van der Waals surface area contributed by atoms with Gasteiger partial charge in [0.05, 0.1) is 0 Å². The van der Waals surface area contributed by atoms with Crippen LogP contribution in [0.4, 0.5) is 0 Å². The molecule has 0 rings (SSSR count). The molecule has 0 heterocycles. The summed E-state index contributed by atoms with van der Waals surface area (Å²) < 4.78 is 4.56. The van der Waals surface area contributed by atoms with E-state index in [1.165, 1.54) is 13.2 Å². The third kappa shape index (κ3) is 3.56. The normalized spacial score (nSPS) is 10.2. The summed E-state index contributed by atoms with van der Waals surface area (Å²) in [6.45, 7) is 1.98. The number of methoxy groups -OCH3 is 1. The van der Waals surface area contributed by atoms with Crippen molar-refractivity contribution >= 4 is 5.78 Å². The number of hydrogen-bond acceptors (Lipinski definition) is 2. The van der Waals surface area contributed by atoms with Crippen molar-refractivity contribution in [2.45, 2.75) is 6.92 Å². The molecule has 0 spiro atoms. The van der Waals surface area contributed by atoms with Crippen molar-refractivity contribution < 1.29 is 9.53 Å². The summed E-state index contributed by atoms with van der Waals surface area (Å²) in [5.74, 6) is 0.00926. The van der Waals surface area contributed by atoms with Gasteiger partial charge in [0.2, 0.25) is 0 Å². The molecule has 0 saturated heterocycles. The highest BCUT2D eigenvalue weighted by Gasteiger charge is 1.89. The third-order valence-corrected chi connectivity index (χ3v) is 0.639. The highest BCUT2D eigenvalue weighted by Crippen LogP contribution is 1.75. The maximum atomic E-state index is 10.4. The minimum Gasteiger partial charge on any atom is -0.377 e. The number of carbonyl (C=O) groups is 1. The van der Waals surface area contributed by atoms with Crippen LogP contribution in [0.2, 0.25) is 0 Å². The van der Waals surface area contributed by atoms with E-state index >= 15 is 0 Å². The van der Waals surface area contributed by atoms with Crippen molar-refractivity contribution in [1.82, 2.24) is 0 Å². The van der Waals surface area contributed by atoms with E-state index in [4.69, 9.17) is 0 Å². The van der Waals surface area contributed by atoms with Gasteiger partial charge in [0.1, 0.15) is 6.61 Å². The molecule has 0 amide bonds. The Balaban J connectivity index is 3.33. The van der Waals surface area contributed by atoms with Gasteiger partial charge < -0.3 is 4.74 Å². The summed E-state index contributed by atoms with van der Waals surface area (Å²) in [4.78, 5) is 10.4. The fraction of sp³-hybridized carbons (Fsp3) is 0.500.